The van der Waals surface area contributed by atoms with Crippen molar-refractivity contribution in [3.05, 3.63) is 22.4 Å². The van der Waals surface area contributed by atoms with Crippen LogP contribution in [-0.2, 0) is 20.2 Å². The molecule has 0 radical (unpaired) electrons. The van der Waals surface area contributed by atoms with E-state index in [-0.39, 0.29) is 5.41 Å². The van der Waals surface area contributed by atoms with E-state index in [0.717, 1.165) is 4.88 Å². The summed E-state index contributed by atoms with van der Waals surface area (Å²) in [5.41, 5.74) is 0.0407. The molecule has 0 N–H and O–H groups in total. The molecule has 1 aromatic heterocycles. The Morgan fingerprint density at radius 3 is 2.36 bits per heavy atom. The molecule has 76 valence electrons. The van der Waals surface area contributed by atoms with Crippen LogP contribution in [0.2, 0.25) is 0 Å². The molecule has 4 heterocycles. The molecule has 3 nitrogen and oxygen atoms in total. The molecule has 0 saturated carbocycles. The largest absolute Gasteiger partial charge is 0.322 e. The van der Waals surface area contributed by atoms with E-state index < -0.39 is 5.97 Å². The minimum Gasteiger partial charge on any atom is -0.322 e. The predicted octanol–water partition coefficient (Wildman–Crippen LogP) is 1.94. The second-order valence-corrected chi connectivity index (χ2v) is 5.16. The second-order valence-electron chi connectivity index (χ2n) is 4.21. The van der Waals surface area contributed by atoms with E-state index in [1.807, 2.05) is 17.5 Å². The summed E-state index contributed by atoms with van der Waals surface area (Å²) in [6.45, 7) is 4.26. The fourth-order valence-electron chi connectivity index (χ4n) is 1.72. The molecule has 4 heteroatoms. The predicted molar refractivity (Wildman–Crippen MR) is 52.0 cm³/mol. The SMILES string of the molecule is CC12COC(c3cccs3)(OC1)OC2. The Balaban J connectivity index is 1.93. The Bertz CT molecular complexity index is 309. The van der Waals surface area contributed by atoms with Gasteiger partial charge in [0.1, 0.15) is 0 Å². The molecule has 14 heavy (non-hydrogen) atoms. The van der Waals surface area contributed by atoms with Gasteiger partial charge in [0.2, 0.25) is 0 Å². The Labute approximate surface area is 86.6 Å². The maximum atomic E-state index is 5.68. The maximum Gasteiger partial charge on any atom is 0.321 e. The molecular weight excluding hydrogens is 200 g/mol. The summed E-state index contributed by atoms with van der Waals surface area (Å²) < 4.78 is 17.0. The van der Waals surface area contributed by atoms with Gasteiger partial charge in [-0.1, -0.05) is 13.0 Å². The van der Waals surface area contributed by atoms with Crippen molar-refractivity contribution >= 4 is 11.3 Å². The van der Waals surface area contributed by atoms with E-state index in [1.54, 1.807) is 11.3 Å². The van der Waals surface area contributed by atoms with E-state index in [0.29, 0.717) is 19.8 Å². The minimum atomic E-state index is -0.897. The molecule has 0 amide bonds. The van der Waals surface area contributed by atoms with Crippen LogP contribution in [0.25, 0.3) is 0 Å². The zero-order chi connectivity index (χ0) is 9.65. The lowest BCUT2D eigenvalue weighted by Crippen LogP contribution is -2.56. The summed E-state index contributed by atoms with van der Waals surface area (Å²) in [4.78, 5) is 0.999. The minimum absolute atomic E-state index is 0.0407. The molecule has 3 fully saturated rings. The van der Waals surface area contributed by atoms with Gasteiger partial charge in [-0.2, -0.15) is 0 Å². The third kappa shape index (κ3) is 1.15. The van der Waals surface area contributed by atoms with Gasteiger partial charge in [-0.3, -0.25) is 0 Å². The lowest BCUT2D eigenvalue weighted by Gasteiger charge is -2.49. The third-order valence-corrected chi connectivity index (χ3v) is 3.59. The summed E-state index contributed by atoms with van der Waals surface area (Å²) in [5, 5.41) is 2.00. The molecule has 1 aromatic rings. The molecule has 0 aromatic carbocycles. The second kappa shape index (κ2) is 2.79. The highest BCUT2D eigenvalue weighted by molar-refractivity contribution is 7.10. The summed E-state index contributed by atoms with van der Waals surface area (Å²) in [5.74, 6) is -0.897. The first kappa shape index (κ1) is 8.85. The van der Waals surface area contributed by atoms with Crippen LogP contribution >= 0.6 is 11.3 Å². The number of hydrogen-bond donors (Lipinski definition) is 0. The zero-order valence-corrected chi connectivity index (χ0v) is 8.80. The Morgan fingerprint density at radius 2 is 1.86 bits per heavy atom. The molecule has 3 saturated heterocycles. The van der Waals surface area contributed by atoms with Gasteiger partial charge in [-0.25, -0.2) is 0 Å². The average Bonchev–Trinajstić information content (AvgIpc) is 2.73. The third-order valence-electron chi connectivity index (χ3n) is 2.65. The fraction of sp³-hybridized carbons (Fsp3) is 0.600. The lowest BCUT2D eigenvalue weighted by molar-refractivity contribution is -0.476. The molecule has 0 unspecified atom stereocenters. The first-order chi connectivity index (χ1) is 6.73. The van der Waals surface area contributed by atoms with Crippen LogP contribution in [0.4, 0.5) is 0 Å². The Hall–Kier alpha value is -0.420. The number of ether oxygens (including phenoxy) is 3. The fourth-order valence-corrected chi connectivity index (χ4v) is 2.51. The van der Waals surface area contributed by atoms with Crippen molar-refractivity contribution in [1.82, 2.24) is 0 Å². The van der Waals surface area contributed by atoms with Gasteiger partial charge in [0.15, 0.2) is 0 Å². The topological polar surface area (TPSA) is 27.7 Å². The van der Waals surface area contributed by atoms with Gasteiger partial charge in [-0.15, -0.1) is 11.3 Å². The standard InChI is InChI=1S/C10H12O3S/c1-9-5-11-10(12-6-9,13-7-9)8-3-2-4-14-8/h2-4H,5-7H2,1H3. The first-order valence-electron chi connectivity index (χ1n) is 4.68. The highest BCUT2D eigenvalue weighted by Gasteiger charge is 2.52. The van der Waals surface area contributed by atoms with E-state index in [9.17, 15) is 0 Å². The number of hydrogen-bond acceptors (Lipinski definition) is 4. The normalized spacial score (nSPS) is 41.5. The van der Waals surface area contributed by atoms with Crippen LogP contribution in [0, 0.1) is 5.41 Å². The molecule has 3 aliphatic rings. The highest BCUT2D eigenvalue weighted by atomic mass is 32.1. The quantitative estimate of drug-likeness (QED) is 0.712. The lowest BCUT2D eigenvalue weighted by atomic mass is 9.92. The smallest absolute Gasteiger partial charge is 0.321 e. The van der Waals surface area contributed by atoms with Crippen LogP contribution < -0.4 is 0 Å². The van der Waals surface area contributed by atoms with Crippen molar-refractivity contribution in [2.75, 3.05) is 19.8 Å². The van der Waals surface area contributed by atoms with E-state index >= 15 is 0 Å². The van der Waals surface area contributed by atoms with Crippen LogP contribution in [0.1, 0.15) is 11.8 Å². The van der Waals surface area contributed by atoms with Crippen LogP contribution in [0.15, 0.2) is 17.5 Å². The van der Waals surface area contributed by atoms with E-state index in [4.69, 9.17) is 14.2 Å². The van der Waals surface area contributed by atoms with Gasteiger partial charge in [0, 0.05) is 5.41 Å². The maximum absolute atomic E-state index is 5.68. The van der Waals surface area contributed by atoms with Crippen molar-refractivity contribution < 1.29 is 14.2 Å². The van der Waals surface area contributed by atoms with Gasteiger partial charge in [0.05, 0.1) is 24.7 Å². The van der Waals surface area contributed by atoms with Crippen molar-refractivity contribution in [2.45, 2.75) is 12.9 Å². The molecule has 0 spiro atoms. The van der Waals surface area contributed by atoms with Crippen molar-refractivity contribution in [3.8, 4) is 0 Å². The van der Waals surface area contributed by atoms with Gasteiger partial charge in [0.25, 0.3) is 0 Å². The molecular formula is C10H12O3S. The van der Waals surface area contributed by atoms with E-state index in [2.05, 4.69) is 6.92 Å². The molecule has 3 aliphatic heterocycles. The molecule has 0 aliphatic carbocycles. The first-order valence-corrected chi connectivity index (χ1v) is 5.56. The van der Waals surface area contributed by atoms with Crippen LogP contribution in [0.3, 0.4) is 0 Å². The van der Waals surface area contributed by atoms with Crippen LogP contribution in [-0.4, -0.2) is 19.8 Å². The number of thiophene rings is 1. The highest BCUT2D eigenvalue weighted by Crippen LogP contribution is 2.45. The molecule has 0 atom stereocenters. The monoisotopic (exact) mass is 212 g/mol. The summed E-state index contributed by atoms with van der Waals surface area (Å²) >= 11 is 1.60. The number of fused-ring (bicyclic) bond motifs is 3. The Morgan fingerprint density at radius 1 is 1.21 bits per heavy atom. The zero-order valence-electron chi connectivity index (χ0n) is 7.99. The summed E-state index contributed by atoms with van der Waals surface area (Å²) in [7, 11) is 0. The molecule has 4 rings (SSSR count). The Kier molecular flexibility index (Phi) is 1.77. The van der Waals surface area contributed by atoms with Gasteiger partial charge in [-0.05, 0) is 11.4 Å². The van der Waals surface area contributed by atoms with Crippen molar-refractivity contribution in [1.29, 1.82) is 0 Å². The van der Waals surface area contributed by atoms with Gasteiger partial charge < -0.3 is 14.2 Å². The number of rotatable bonds is 1. The van der Waals surface area contributed by atoms with E-state index in [1.165, 1.54) is 0 Å². The molecule has 2 bridgehead atoms. The van der Waals surface area contributed by atoms with Crippen molar-refractivity contribution in [2.24, 2.45) is 5.41 Å². The van der Waals surface area contributed by atoms with Crippen molar-refractivity contribution in [3.63, 3.8) is 0 Å². The summed E-state index contributed by atoms with van der Waals surface area (Å²) in [6, 6.07) is 3.96. The average molecular weight is 212 g/mol. The van der Waals surface area contributed by atoms with Crippen LogP contribution in [0.5, 0.6) is 0 Å². The summed E-state index contributed by atoms with van der Waals surface area (Å²) in [6.07, 6.45) is 0. The van der Waals surface area contributed by atoms with Gasteiger partial charge >= 0.3 is 5.97 Å².